The van der Waals surface area contributed by atoms with E-state index < -0.39 is 4.92 Å². The van der Waals surface area contributed by atoms with E-state index in [4.69, 9.17) is 4.74 Å². The quantitative estimate of drug-likeness (QED) is 0.698. The number of halogens is 1. The highest BCUT2D eigenvalue weighted by atomic mass is 79.9. The van der Waals surface area contributed by atoms with E-state index in [1.165, 1.54) is 13.3 Å². The first kappa shape index (κ1) is 11.6. The molecule has 0 amide bonds. The monoisotopic (exact) mass is 297 g/mol. The average Bonchev–Trinajstić information content (AvgIpc) is 2.77. The van der Waals surface area contributed by atoms with Gasteiger partial charge < -0.3 is 14.9 Å². The third-order valence-corrected chi connectivity index (χ3v) is 2.75. The van der Waals surface area contributed by atoms with E-state index in [0.717, 1.165) is 4.47 Å². The fourth-order valence-corrected chi connectivity index (χ4v) is 1.87. The van der Waals surface area contributed by atoms with Crippen LogP contribution in [0.4, 0.5) is 5.82 Å². The van der Waals surface area contributed by atoms with Crippen molar-refractivity contribution in [2.75, 3.05) is 7.11 Å². The Bertz CT molecular complexity index is 568. The average molecular weight is 298 g/mol. The molecule has 0 aliphatic heterocycles. The number of rotatable bonds is 3. The largest absolute Gasteiger partial charge is 0.496 e. The number of nitrogens with one attached hydrogen (secondary N) is 1. The van der Waals surface area contributed by atoms with Gasteiger partial charge in [-0.15, -0.1) is 5.10 Å². The minimum absolute atomic E-state index is 0.151. The van der Waals surface area contributed by atoms with E-state index in [1.54, 1.807) is 18.2 Å². The summed E-state index contributed by atoms with van der Waals surface area (Å²) < 4.78 is 5.98. The first-order chi connectivity index (χ1) is 8.13. The standard InChI is InChI=1S/C10H8BrN3O3/c1-17-9-3-2-6(11)4-7(9)8-5-12-13-10(8)14(15)16/h2-5H,1H3,(H,12,13). The summed E-state index contributed by atoms with van der Waals surface area (Å²) in [6, 6.07) is 5.28. The molecule has 1 N–H and O–H groups in total. The van der Waals surface area contributed by atoms with Crippen molar-refractivity contribution in [1.29, 1.82) is 0 Å². The SMILES string of the molecule is COc1ccc(Br)cc1-c1cn[nH]c1[N+](=O)[O-]. The second-order valence-corrected chi connectivity index (χ2v) is 4.15. The molecule has 0 aliphatic rings. The van der Waals surface area contributed by atoms with E-state index in [1.807, 2.05) is 0 Å². The molecular weight excluding hydrogens is 290 g/mol. The minimum atomic E-state index is -0.511. The van der Waals surface area contributed by atoms with Crippen LogP contribution in [0.3, 0.4) is 0 Å². The van der Waals surface area contributed by atoms with Crippen molar-refractivity contribution in [3.8, 4) is 16.9 Å². The molecule has 6 nitrogen and oxygen atoms in total. The van der Waals surface area contributed by atoms with Crippen LogP contribution in [-0.2, 0) is 0 Å². The first-order valence-electron chi connectivity index (χ1n) is 4.65. The van der Waals surface area contributed by atoms with Crippen LogP contribution in [0.1, 0.15) is 0 Å². The predicted octanol–water partition coefficient (Wildman–Crippen LogP) is 2.76. The van der Waals surface area contributed by atoms with Crippen LogP contribution in [0.15, 0.2) is 28.9 Å². The number of aromatic nitrogens is 2. The summed E-state index contributed by atoms with van der Waals surface area (Å²) in [5.74, 6) is 0.402. The van der Waals surface area contributed by atoms with Gasteiger partial charge in [0.1, 0.15) is 11.3 Å². The summed E-state index contributed by atoms with van der Waals surface area (Å²) in [6.45, 7) is 0. The van der Waals surface area contributed by atoms with Gasteiger partial charge in [0.25, 0.3) is 0 Å². The molecule has 0 bridgehead atoms. The number of H-pyrrole nitrogens is 1. The van der Waals surface area contributed by atoms with Crippen LogP contribution in [0.5, 0.6) is 5.75 Å². The molecule has 1 aromatic heterocycles. The van der Waals surface area contributed by atoms with Crippen LogP contribution < -0.4 is 4.74 Å². The Labute approximate surface area is 105 Å². The normalized spacial score (nSPS) is 10.2. The highest BCUT2D eigenvalue weighted by Crippen LogP contribution is 2.36. The summed E-state index contributed by atoms with van der Waals surface area (Å²) in [5, 5.41) is 16.9. The number of benzene rings is 1. The number of nitro groups is 1. The van der Waals surface area contributed by atoms with Gasteiger partial charge in [-0.2, -0.15) is 0 Å². The Hall–Kier alpha value is -1.89. The molecule has 0 fully saturated rings. The molecule has 0 saturated heterocycles. The molecule has 2 rings (SSSR count). The predicted molar refractivity (Wildman–Crippen MR) is 64.9 cm³/mol. The van der Waals surface area contributed by atoms with Gasteiger partial charge in [0.15, 0.2) is 0 Å². The Balaban J connectivity index is 2.63. The van der Waals surface area contributed by atoms with Crippen molar-refractivity contribution in [2.24, 2.45) is 0 Å². The highest BCUT2D eigenvalue weighted by Gasteiger charge is 2.19. The van der Waals surface area contributed by atoms with E-state index in [-0.39, 0.29) is 5.82 Å². The number of aromatic amines is 1. The molecule has 0 saturated carbocycles. The van der Waals surface area contributed by atoms with Crippen molar-refractivity contribution in [3.63, 3.8) is 0 Å². The van der Waals surface area contributed by atoms with Gasteiger partial charge in [0.2, 0.25) is 0 Å². The van der Waals surface area contributed by atoms with E-state index >= 15 is 0 Å². The van der Waals surface area contributed by atoms with Crippen LogP contribution in [0.25, 0.3) is 11.1 Å². The number of ether oxygens (including phenoxy) is 1. The van der Waals surface area contributed by atoms with Crippen LogP contribution in [0, 0.1) is 10.1 Å². The molecule has 88 valence electrons. The van der Waals surface area contributed by atoms with E-state index in [9.17, 15) is 10.1 Å². The van der Waals surface area contributed by atoms with Crippen LogP contribution >= 0.6 is 15.9 Å². The Morgan fingerprint density at radius 1 is 1.47 bits per heavy atom. The fraction of sp³-hybridized carbons (Fsp3) is 0.100. The zero-order valence-corrected chi connectivity index (χ0v) is 10.4. The van der Waals surface area contributed by atoms with Gasteiger partial charge in [0.05, 0.1) is 13.3 Å². The van der Waals surface area contributed by atoms with Gasteiger partial charge in [0, 0.05) is 10.0 Å². The lowest BCUT2D eigenvalue weighted by Crippen LogP contribution is -1.92. The molecule has 0 atom stereocenters. The zero-order valence-electron chi connectivity index (χ0n) is 8.81. The molecule has 17 heavy (non-hydrogen) atoms. The van der Waals surface area contributed by atoms with Crippen molar-refractivity contribution >= 4 is 21.7 Å². The smallest absolute Gasteiger partial charge is 0.350 e. The maximum atomic E-state index is 10.8. The summed E-state index contributed by atoms with van der Waals surface area (Å²) in [4.78, 5) is 10.3. The summed E-state index contributed by atoms with van der Waals surface area (Å²) >= 11 is 3.32. The van der Waals surface area contributed by atoms with Gasteiger partial charge in [-0.3, -0.25) is 0 Å². The minimum Gasteiger partial charge on any atom is -0.496 e. The van der Waals surface area contributed by atoms with Crippen LogP contribution in [-0.4, -0.2) is 22.2 Å². The number of nitrogens with zero attached hydrogens (tertiary/aromatic N) is 2. The van der Waals surface area contributed by atoms with Crippen molar-refractivity contribution < 1.29 is 9.66 Å². The third kappa shape index (κ3) is 2.14. The molecule has 0 spiro atoms. The maximum absolute atomic E-state index is 10.8. The van der Waals surface area contributed by atoms with E-state index in [2.05, 4.69) is 26.1 Å². The molecule has 0 unspecified atom stereocenters. The topological polar surface area (TPSA) is 81.0 Å². The van der Waals surface area contributed by atoms with Crippen LogP contribution in [0.2, 0.25) is 0 Å². The van der Waals surface area contributed by atoms with Gasteiger partial charge in [-0.05, 0) is 23.1 Å². The number of hydrogen-bond acceptors (Lipinski definition) is 4. The molecule has 2 aromatic rings. The molecule has 0 aliphatic carbocycles. The lowest BCUT2D eigenvalue weighted by atomic mass is 10.1. The van der Waals surface area contributed by atoms with Crippen molar-refractivity contribution in [2.45, 2.75) is 0 Å². The summed E-state index contributed by atoms with van der Waals surface area (Å²) in [5.41, 5.74) is 1.01. The zero-order chi connectivity index (χ0) is 12.4. The number of methoxy groups -OCH3 is 1. The highest BCUT2D eigenvalue weighted by molar-refractivity contribution is 9.10. The van der Waals surface area contributed by atoms with Gasteiger partial charge in [-0.25, -0.2) is 0 Å². The Kier molecular flexibility index (Phi) is 3.10. The van der Waals surface area contributed by atoms with Crippen molar-refractivity contribution in [3.05, 3.63) is 39.0 Å². The second kappa shape index (κ2) is 4.54. The van der Waals surface area contributed by atoms with Gasteiger partial charge in [-0.1, -0.05) is 21.0 Å². The maximum Gasteiger partial charge on any atom is 0.350 e. The Morgan fingerprint density at radius 2 is 2.24 bits per heavy atom. The Morgan fingerprint density at radius 3 is 2.88 bits per heavy atom. The summed E-state index contributed by atoms with van der Waals surface area (Å²) in [7, 11) is 1.51. The molecular formula is C10H8BrN3O3. The molecule has 7 heteroatoms. The lowest BCUT2D eigenvalue weighted by Gasteiger charge is -2.06. The van der Waals surface area contributed by atoms with Crippen molar-refractivity contribution in [1.82, 2.24) is 10.2 Å². The molecule has 1 aromatic carbocycles. The second-order valence-electron chi connectivity index (χ2n) is 3.23. The lowest BCUT2D eigenvalue weighted by molar-refractivity contribution is -0.388. The molecule has 0 radical (unpaired) electrons. The molecule has 1 heterocycles. The first-order valence-corrected chi connectivity index (χ1v) is 5.44. The van der Waals surface area contributed by atoms with E-state index in [0.29, 0.717) is 16.9 Å². The fourth-order valence-electron chi connectivity index (χ4n) is 1.51. The van der Waals surface area contributed by atoms with Gasteiger partial charge >= 0.3 is 5.82 Å². The third-order valence-electron chi connectivity index (χ3n) is 2.25. The number of hydrogen-bond donors (Lipinski definition) is 1. The summed E-state index contributed by atoms with van der Waals surface area (Å²) in [6.07, 6.45) is 1.41.